The summed E-state index contributed by atoms with van der Waals surface area (Å²) in [5, 5.41) is 10.4. The van der Waals surface area contributed by atoms with Crippen LogP contribution in [-0.4, -0.2) is 22.7 Å². The number of esters is 1. The molecule has 0 aromatic carbocycles. The van der Waals surface area contributed by atoms with E-state index >= 15 is 0 Å². The van der Waals surface area contributed by atoms with Gasteiger partial charge in [0.25, 0.3) is 0 Å². The van der Waals surface area contributed by atoms with E-state index in [1.807, 2.05) is 6.92 Å². The molecule has 1 atom stereocenters. The van der Waals surface area contributed by atoms with Gasteiger partial charge in [-0.3, -0.25) is 0 Å². The highest BCUT2D eigenvalue weighted by Crippen LogP contribution is 2.42. The maximum Gasteiger partial charge on any atom is 0.341 e. The van der Waals surface area contributed by atoms with E-state index in [1.54, 1.807) is 6.92 Å². The Morgan fingerprint density at radius 3 is 2.80 bits per heavy atom. The molecule has 2 rings (SSSR count). The Kier molecular flexibility index (Phi) is 4.39. The van der Waals surface area contributed by atoms with Crippen molar-refractivity contribution in [3.8, 4) is 0 Å². The molecule has 0 fully saturated rings. The van der Waals surface area contributed by atoms with Crippen LogP contribution in [0.5, 0.6) is 0 Å². The summed E-state index contributed by atoms with van der Waals surface area (Å²) in [6, 6.07) is 0. The fourth-order valence-electron chi connectivity index (χ4n) is 2.91. The molecule has 0 saturated carbocycles. The number of halogens is 1. The van der Waals surface area contributed by atoms with Gasteiger partial charge in [-0.15, -0.1) is 0 Å². The Morgan fingerprint density at radius 1 is 1.55 bits per heavy atom. The molecule has 5 heteroatoms. The third kappa shape index (κ3) is 2.83. The molecular weight excluding hydrogens is 369 g/mol. The van der Waals surface area contributed by atoms with Crippen molar-refractivity contribution >= 4 is 28.6 Å². The van der Waals surface area contributed by atoms with Crippen LogP contribution in [-0.2, 0) is 11.2 Å². The molecular formula is C15H20INO3. The van der Waals surface area contributed by atoms with Crippen LogP contribution < -0.4 is 0 Å². The minimum Gasteiger partial charge on any atom is -0.462 e. The number of rotatable bonds is 2. The normalized spacial score (nSPS) is 20.4. The number of carbonyl (C=O) groups is 1. The van der Waals surface area contributed by atoms with Crippen LogP contribution in [0.3, 0.4) is 0 Å². The van der Waals surface area contributed by atoms with Crippen molar-refractivity contribution in [2.24, 2.45) is 5.41 Å². The summed E-state index contributed by atoms with van der Waals surface area (Å²) in [7, 11) is 0. The largest absolute Gasteiger partial charge is 0.462 e. The smallest absolute Gasteiger partial charge is 0.341 e. The molecule has 1 aliphatic carbocycles. The molecule has 1 unspecified atom stereocenters. The predicted octanol–water partition coefficient (Wildman–Crippen LogP) is 3.18. The molecule has 1 aromatic heterocycles. The molecule has 0 bridgehead atoms. The van der Waals surface area contributed by atoms with Gasteiger partial charge in [-0.05, 0) is 60.3 Å². The number of ether oxygens (including phenoxy) is 1. The first kappa shape index (κ1) is 15.7. The van der Waals surface area contributed by atoms with E-state index in [4.69, 9.17) is 4.74 Å². The lowest BCUT2D eigenvalue weighted by atomic mass is 9.73. The second-order valence-electron chi connectivity index (χ2n) is 6.04. The third-order valence-electron chi connectivity index (χ3n) is 3.73. The number of hydrogen-bond acceptors (Lipinski definition) is 4. The lowest BCUT2D eigenvalue weighted by Crippen LogP contribution is -2.29. The molecule has 0 saturated heterocycles. The Hall–Kier alpha value is -0.690. The zero-order valence-electron chi connectivity index (χ0n) is 12.3. The first-order valence-electron chi connectivity index (χ1n) is 6.81. The van der Waals surface area contributed by atoms with Crippen molar-refractivity contribution in [2.75, 3.05) is 6.61 Å². The Bertz CT molecular complexity index is 555. The van der Waals surface area contributed by atoms with Crippen molar-refractivity contribution in [1.29, 1.82) is 0 Å². The summed E-state index contributed by atoms with van der Waals surface area (Å²) < 4.78 is 5.75. The van der Waals surface area contributed by atoms with Crippen molar-refractivity contribution in [2.45, 2.75) is 46.6 Å². The highest BCUT2D eigenvalue weighted by molar-refractivity contribution is 14.1. The van der Waals surface area contributed by atoms with E-state index in [9.17, 15) is 9.90 Å². The molecule has 0 aliphatic heterocycles. The molecule has 1 heterocycles. The Morgan fingerprint density at radius 2 is 2.20 bits per heavy atom. The van der Waals surface area contributed by atoms with E-state index in [-0.39, 0.29) is 11.4 Å². The van der Waals surface area contributed by atoms with Crippen molar-refractivity contribution in [3.63, 3.8) is 0 Å². The van der Waals surface area contributed by atoms with Gasteiger partial charge in [-0.2, -0.15) is 0 Å². The molecule has 1 N–H and O–H groups in total. The van der Waals surface area contributed by atoms with Crippen LogP contribution in [0.4, 0.5) is 0 Å². The standard InChI is InChI=1S/C15H20INO3/c1-5-20-14(19)12-8(2)11-9(17-13(12)16)6-15(3,4)7-10(11)18/h10,18H,5-7H2,1-4H3. The van der Waals surface area contributed by atoms with Crippen molar-refractivity contribution in [1.82, 2.24) is 4.98 Å². The number of fused-ring (bicyclic) bond motifs is 1. The minimum absolute atomic E-state index is 0.0282. The van der Waals surface area contributed by atoms with Gasteiger partial charge in [0.05, 0.1) is 18.3 Å². The number of nitrogens with zero attached hydrogens (tertiary/aromatic N) is 1. The summed E-state index contributed by atoms with van der Waals surface area (Å²) in [5.41, 5.74) is 3.04. The van der Waals surface area contributed by atoms with Gasteiger partial charge in [0.15, 0.2) is 0 Å². The number of pyridine rings is 1. The molecule has 20 heavy (non-hydrogen) atoms. The molecule has 1 aromatic rings. The van der Waals surface area contributed by atoms with Gasteiger partial charge in [0.1, 0.15) is 3.70 Å². The van der Waals surface area contributed by atoms with Gasteiger partial charge in [-0.25, -0.2) is 9.78 Å². The summed E-state index contributed by atoms with van der Waals surface area (Å²) in [5.74, 6) is -0.360. The number of aromatic nitrogens is 1. The van der Waals surface area contributed by atoms with E-state index in [1.165, 1.54) is 0 Å². The molecule has 0 spiro atoms. The van der Waals surface area contributed by atoms with Gasteiger partial charge in [-0.1, -0.05) is 13.8 Å². The second-order valence-corrected chi connectivity index (χ2v) is 7.07. The number of carbonyl (C=O) groups excluding carboxylic acids is 1. The molecule has 0 radical (unpaired) electrons. The predicted molar refractivity (Wildman–Crippen MR) is 84.7 cm³/mol. The van der Waals surface area contributed by atoms with E-state index in [0.717, 1.165) is 23.2 Å². The Balaban J connectivity index is 2.56. The number of hydrogen-bond donors (Lipinski definition) is 1. The monoisotopic (exact) mass is 389 g/mol. The topological polar surface area (TPSA) is 59.4 Å². The van der Waals surface area contributed by atoms with Gasteiger partial charge in [0, 0.05) is 11.3 Å². The lowest BCUT2D eigenvalue weighted by Gasteiger charge is -2.35. The summed E-state index contributed by atoms with van der Waals surface area (Å²) in [4.78, 5) is 16.6. The number of aliphatic hydroxyl groups is 1. The number of aliphatic hydroxyl groups excluding tert-OH is 1. The molecule has 0 amide bonds. The van der Waals surface area contributed by atoms with E-state index in [0.29, 0.717) is 22.3 Å². The minimum atomic E-state index is -0.563. The maximum atomic E-state index is 12.1. The average Bonchev–Trinajstić information content (AvgIpc) is 2.25. The van der Waals surface area contributed by atoms with Crippen LogP contribution in [0.25, 0.3) is 0 Å². The molecule has 1 aliphatic rings. The van der Waals surface area contributed by atoms with Crippen molar-refractivity contribution in [3.05, 3.63) is 26.1 Å². The first-order chi connectivity index (χ1) is 9.26. The summed E-state index contributed by atoms with van der Waals surface area (Å²) in [6.45, 7) is 8.24. The quantitative estimate of drug-likeness (QED) is 0.480. The molecule has 4 nitrogen and oxygen atoms in total. The van der Waals surface area contributed by atoms with Gasteiger partial charge >= 0.3 is 5.97 Å². The van der Waals surface area contributed by atoms with E-state index < -0.39 is 6.10 Å². The fraction of sp³-hybridized carbons (Fsp3) is 0.600. The average molecular weight is 389 g/mol. The molecule has 110 valence electrons. The van der Waals surface area contributed by atoms with Crippen LogP contribution in [0.2, 0.25) is 0 Å². The fourth-order valence-corrected chi connectivity index (χ4v) is 3.82. The lowest BCUT2D eigenvalue weighted by molar-refractivity contribution is 0.0522. The zero-order chi connectivity index (χ0) is 15.1. The zero-order valence-corrected chi connectivity index (χ0v) is 14.4. The van der Waals surface area contributed by atoms with Crippen molar-refractivity contribution < 1.29 is 14.6 Å². The maximum absolute atomic E-state index is 12.1. The first-order valence-corrected chi connectivity index (χ1v) is 7.88. The van der Waals surface area contributed by atoms with Crippen LogP contribution in [0.15, 0.2) is 0 Å². The summed E-state index contributed by atoms with van der Waals surface area (Å²) in [6.07, 6.45) is 0.941. The highest BCUT2D eigenvalue weighted by Gasteiger charge is 2.35. The summed E-state index contributed by atoms with van der Waals surface area (Å²) >= 11 is 2.07. The van der Waals surface area contributed by atoms with Gasteiger partial charge in [0.2, 0.25) is 0 Å². The third-order valence-corrected chi connectivity index (χ3v) is 4.51. The second kappa shape index (κ2) is 5.60. The van der Waals surface area contributed by atoms with Crippen LogP contribution in [0.1, 0.15) is 60.5 Å². The highest BCUT2D eigenvalue weighted by atomic mass is 127. The van der Waals surface area contributed by atoms with Crippen LogP contribution >= 0.6 is 22.6 Å². The van der Waals surface area contributed by atoms with Crippen LogP contribution in [0, 0.1) is 16.0 Å². The SMILES string of the molecule is CCOC(=O)c1c(I)nc2c(c1C)C(O)CC(C)(C)C2. The van der Waals surface area contributed by atoms with Gasteiger partial charge < -0.3 is 9.84 Å². The Labute approximate surface area is 133 Å². The van der Waals surface area contributed by atoms with E-state index in [2.05, 4.69) is 41.4 Å².